The molecule has 0 spiro atoms. The average Bonchev–Trinajstić information content (AvgIpc) is 2.96. The van der Waals surface area contributed by atoms with Crippen molar-refractivity contribution in [2.45, 2.75) is 6.54 Å². The van der Waals surface area contributed by atoms with Crippen molar-refractivity contribution in [3.05, 3.63) is 66.4 Å². The molecule has 5 heteroatoms. The van der Waals surface area contributed by atoms with Gasteiger partial charge in [0.1, 0.15) is 0 Å². The molecule has 0 unspecified atom stereocenters. The number of rotatable bonds is 3. The normalized spacial score (nSPS) is 10.2. The molecule has 0 saturated carbocycles. The van der Waals surface area contributed by atoms with E-state index in [0.29, 0.717) is 17.8 Å². The number of anilines is 1. The number of benzene rings is 1. The minimum absolute atomic E-state index is 0.654. The van der Waals surface area contributed by atoms with Crippen LogP contribution in [0, 0.1) is 11.3 Å². The van der Waals surface area contributed by atoms with Gasteiger partial charge in [-0.2, -0.15) is 5.26 Å². The number of hydrogen-bond donors (Lipinski definition) is 1. The molecule has 2 N–H and O–H groups in total. The van der Waals surface area contributed by atoms with Gasteiger partial charge in [-0.15, -0.1) is 0 Å². The van der Waals surface area contributed by atoms with Crippen molar-refractivity contribution in [2.75, 3.05) is 5.73 Å². The lowest BCUT2D eigenvalue weighted by Crippen LogP contribution is -2.02. The molecule has 0 aliphatic rings. The number of imidazole rings is 1. The van der Waals surface area contributed by atoms with E-state index in [9.17, 15) is 0 Å². The molecule has 1 aromatic carbocycles. The fourth-order valence-electron chi connectivity index (χ4n) is 2.17. The SMILES string of the molecule is N#Cc1ccc(Cn2cncc2-c2cnccc2N)cc1. The highest BCUT2D eigenvalue weighted by Crippen LogP contribution is 2.24. The number of aromatic nitrogens is 3. The standard InChI is InChI=1S/C16H13N5/c17-7-12-1-3-13(4-2-12)10-21-11-20-9-16(21)14-8-19-6-5-15(14)18/h1-6,8-9,11H,10H2,(H2,18,19). The van der Waals surface area contributed by atoms with Crippen LogP contribution in [0.25, 0.3) is 11.3 Å². The van der Waals surface area contributed by atoms with Crippen LogP contribution in [-0.2, 0) is 6.54 Å². The summed E-state index contributed by atoms with van der Waals surface area (Å²) >= 11 is 0. The topological polar surface area (TPSA) is 80.5 Å². The largest absolute Gasteiger partial charge is 0.398 e. The van der Waals surface area contributed by atoms with E-state index in [4.69, 9.17) is 11.0 Å². The Bertz CT molecular complexity index is 796. The van der Waals surface area contributed by atoms with Crippen LogP contribution in [0.5, 0.6) is 0 Å². The highest BCUT2D eigenvalue weighted by Gasteiger charge is 2.09. The zero-order valence-electron chi connectivity index (χ0n) is 11.3. The third-order valence-corrected chi connectivity index (χ3v) is 3.28. The zero-order chi connectivity index (χ0) is 14.7. The number of nitriles is 1. The van der Waals surface area contributed by atoms with E-state index in [2.05, 4.69) is 16.0 Å². The summed E-state index contributed by atoms with van der Waals surface area (Å²) < 4.78 is 2.01. The molecular formula is C16H13N5. The summed E-state index contributed by atoms with van der Waals surface area (Å²) in [7, 11) is 0. The molecule has 0 aliphatic heterocycles. The van der Waals surface area contributed by atoms with Gasteiger partial charge in [-0.1, -0.05) is 12.1 Å². The quantitative estimate of drug-likeness (QED) is 0.796. The Hall–Kier alpha value is -3.13. The maximum atomic E-state index is 8.82. The minimum Gasteiger partial charge on any atom is -0.398 e. The molecule has 0 amide bonds. The molecule has 3 aromatic rings. The summed E-state index contributed by atoms with van der Waals surface area (Å²) in [5, 5.41) is 8.82. The van der Waals surface area contributed by atoms with Crippen molar-refractivity contribution >= 4 is 5.69 Å². The molecule has 2 heterocycles. The summed E-state index contributed by atoms with van der Waals surface area (Å²) in [5.41, 5.74) is 10.2. The van der Waals surface area contributed by atoms with E-state index in [1.54, 1.807) is 31.0 Å². The molecule has 0 saturated heterocycles. The van der Waals surface area contributed by atoms with Crippen molar-refractivity contribution in [1.82, 2.24) is 14.5 Å². The Morgan fingerprint density at radius 1 is 1.10 bits per heavy atom. The summed E-state index contributed by atoms with van der Waals surface area (Å²) in [6.45, 7) is 0.662. The molecule has 102 valence electrons. The first-order valence-electron chi connectivity index (χ1n) is 6.47. The highest BCUT2D eigenvalue weighted by molar-refractivity contribution is 5.72. The van der Waals surface area contributed by atoms with Crippen molar-refractivity contribution in [2.24, 2.45) is 0 Å². The van der Waals surface area contributed by atoms with E-state index in [-0.39, 0.29) is 0 Å². The van der Waals surface area contributed by atoms with Crippen LogP contribution >= 0.6 is 0 Å². The fraction of sp³-hybridized carbons (Fsp3) is 0.0625. The van der Waals surface area contributed by atoms with Crippen molar-refractivity contribution < 1.29 is 0 Å². The van der Waals surface area contributed by atoms with E-state index in [1.807, 2.05) is 28.8 Å². The highest BCUT2D eigenvalue weighted by atomic mass is 15.0. The van der Waals surface area contributed by atoms with Crippen molar-refractivity contribution in [3.63, 3.8) is 0 Å². The fourth-order valence-corrected chi connectivity index (χ4v) is 2.17. The molecule has 21 heavy (non-hydrogen) atoms. The molecule has 3 rings (SSSR count). The first-order chi connectivity index (χ1) is 10.3. The van der Waals surface area contributed by atoms with Gasteiger partial charge in [0.2, 0.25) is 0 Å². The van der Waals surface area contributed by atoms with E-state index in [0.717, 1.165) is 16.8 Å². The Morgan fingerprint density at radius 2 is 1.90 bits per heavy atom. The number of nitrogens with zero attached hydrogens (tertiary/aromatic N) is 4. The maximum Gasteiger partial charge on any atom is 0.0991 e. The minimum atomic E-state index is 0.654. The van der Waals surface area contributed by atoms with Gasteiger partial charge in [-0.3, -0.25) is 4.98 Å². The third-order valence-electron chi connectivity index (χ3n) is 3.28. The van der Waals surface area contributed by atoms with Gasteiger partial charge >= 0.3 is 0 Å². The number of nitrogen functional groups attached to an aromatic ring is 1. The molecule has 5 nitrogen and oxygen atoms in total. The van der Waals surface area contributed by atoms with Crippen LogP contribution in [0.3, 0.4) is 0 Å². The van der Waals surface area contributed by atoms with Crippen LogP contribution in [0.15, 0.2) is 55.2 Å². The lowest BCUT2D eigenvalue weighted by molar-refractivity contribution is 0.804. The lowest BCUT2D eigenvalue weighted by Gasteiger charge is -2.10. The third kappa shape index (κ3) is 2.60. The Morgan fingerprint density at radius 3 is 2.62 bits per heavy atom. The van der Waals surface area contributed by atoms with Crippen molar-refractivity contribution in [1.29, 1.82) is 5.26 Å². The van der Waals surface area contributed by atoms with Crippen LogP contribution < -0.4 is 5.73 Å². The Balaban J connectivity index is 1.92. The van der Waals surface area contributed by atoms with Gasteiger partial charge in [-0.25, -0.2) is 4.98 Å². The monoisotopic (exact) mass is 275 g/mol. The summed E-state index contributed by atoms with van der Waals surface area (Å²) in [4.78, 5) is 8.31. The molecule has 2 aromatic heterocycles. The first-order valence-corrected chi connectivity index (χ1v) is 6.47. The van der Waals surface area contributed by atoms with Gasteiger partial charge < -0.3 is 10.3 Å². The molecule has 0 bridgehead atoms. The van der Waals surface area contributed by atoms with Crippen LogP contribution in [-0.4, -0.2) is 14.5 Å². The Kier molecular flexibility index (Phi) is 3.36. The summed E-state index contributed by atoms with van der Waals surface area (Å²) in [6.07, 6.45) is 6.94. The maximum absolute atomic E-state index is 8.82. The zero-order valence-corrected chi connectivity index (χ0v) is 11.3. The second-order valence-corrected chi connectivity index (χ2v) is 4.68. The van der Waals surface area contributed by atoms with Crippen LogP contribution in [0.1, 0.15) is 11.1 Å². The van der Waals surface area contributed by atoms with Crippen LogP contribution in [0.4, 0.5) is 5.69 Å². The van der Waals surface area contributed by atoms with Gasteiger partial charge in [0.05, 0.1) is 29.9 Å². The molecule has 0 radical (unpaired) electrons. The predicted molar refractivity (Wildman–Crippen MR) is 80.1 cm³/mol. The van der Waals surface area contributed by atoms with Gasteiger partial charge in [0.15, 0.2) is 0 Å². The lowest BCUT2D eigenvalue weighted by atomic mass is 10.1. The van der Waals surface area contributed by atoms with Gasteiger partial charge in [-0.05, 0) is 23.8 Å². The molecule has 0 aliphatic carbocycles. The smallest absolute Gasteiger partial charge is 0.0991 e. The van der Waals surface area contributed by atoms with E-state index in [1.165, 1.54) is 0 Å². The van der Waals surface area contributed by atoms with E-state index < -0.39 is 0 Å². The van der Waals surface area contributed by atoms with E-state index >= 15 is 0 Å². The van der Waals surface area contributed by atoms with Gasteiger partial charge in [0, 0.05) is 30.2 Å². The first kappa shape index (κ1) is 12.9. The molecular weight excluding hydrogens is 262 g/mol. The van der Waals surface area contributed by atoms with Gasteiger partial charge in [0.25, 0.3) is 0 Å². The Labute approximate surface area is 122 Å². The summed E-state index contributed by atoms with van der Waals surface area (Å²) in [6, 6.07) is 11.4. The molecule has 0 atom stereocenters. The summed E-state index contributed by atoms with van der Waals surface area (Å²) in [5.74, 6) is 0. The number of nitrogens with two attached hydrogens (primary N) is 1. The van der Waals surface area contributed by atoms with Crippen molar-refractivity contribution in [3.8, 4) is 17.3 Å². The second kappa shape index (κ2) is 5.47. The number of pyridine rings is 1. The van der Waals surface area contributed by atoms with Crippen LogP contribution in [0.2, 0.25) is 0 Å². The second-order valence-electron chi connectivity index (χ2n) is 4.68. The predicted octanol–water partition coefficient (Wildman–Crippen LogP) is 2.45. The average molecular weight is 275 g/mol. The number of hydrogen-bond acceptors (Lipinski definition) is 4. The molecule has 0 fully saturated rings.